The lowest BCUT2D eigenvalue weighted by Gasteiger charge is -2.15. The lowest BCUT2D eigenvalue weighted by molar-refractivity contribution is 0.0855. The van der Waals surface area contributed by atoms with Gasteiger partial charge in [0.2, 0.25) is 0 Å². The molecule has 0 atom stereocenters. The van der Waals surface area contributed by atoms with Gasteiger partial charge in [0.25, 0.3) is 5.91 Å². The second-order valence-corrected chi connectivity index (χ2v) is 4.51. The van der Waals surface area contributed by atoms with Crippen molar-refractivity contribution in [3.05, 3.63) is 78.4 Å². The molecule has 0 unspecified atom stereocenters. The van der Waals surface area contributed by atoms with E-state index >= 15 is 0 Å². The highest BCUT2D eigenvalue weighted by Gasteiger charge is 2.15. The molecule has 0 spiro atoms. The second-order valence-electron chi connectivity index (χ2n) is 4.51. The normalized spacial score (nSPS) is 10.4. The SMILES string of the molecule is O=C(c1ccccc1)N(O)c1ccc2ccccc2c1. The van der Waals surface area contributed by atoms with Crippen molar-refractivity contribution in [1.82, 2.24) is 0 Å². The molecule has 0 fully saturated rings. The fourth-order valence-corrected chi connectivity index (χ4v) is 2.13. The first-order valence-corrected chi connectivity index (χ1v) is 6.33. The first kappa shape index (κ1) is 12.4. The topological polar surface area (TPSA) is 40.5 Å². The van der Waals surface area contributed by atoms with E-state index in [-0.39, 0.29) is 0 Å². The van der Waals surface area contributed by atoms with Gasteiger partial charge in [0.05, 0.1) is 5.69 Å². The van der Waals surface area contributed by atoms with Crippen LogP contribution in [0.3, 0.4) is 0 Å². The Morgan fingerprint density at radius 3 is 2.20 bits per heavy atom. The summed E-state index contributed by atoms with van der Waals surface area (Å²) >= 11 is 0. The van der Waals surface area contributed by atoms with Gasteiger partial charge in [-0.3, -0.25) is 10.0 Å². The highest BCUT2D eigenvalue weighted by molar-refractivity contribution is 6.05. The van der Waals surface area contributed by atoms with Crippen molar-refractivity contribution in [2.75, 3.05) is 5.06 Å². The van der Waals surface area contributed by atoms with Crippen LogP contribution in [0.2, 0.25) is 0 Å². The molecule has 0 aliphatic rings. The van der Waals surface area contributed by atoms with Gasteiger partial charge in [-0.05, 0) is 35.0 Å². The number of amides is 1. The highest BCUT2D eigenvalue weighted by Crippen LogP contribution is 2.22. The Balaban J connectivity index is 1.96. The molecule has 0 heterocycles. The Kier molecular flexibility index (Phi) is 3.19. The molecule has 3 heteroatoms. The first-order valence-electron chi connectivity index (χ1n) is 6.33. The van der Waals surface area contributed by atoms with Crippen LogP contribution in [-0.4, -0.2) is 11.1 Å². The minimum Gasteiger partial charge on any atom is -0.281 e. The van der Waals surface area contributed by atoms with E-state index in [1.54, 1.807) is 36.4 Å². The molecule has 0 aliphatic heterocycles. The van der Waals surface area contributed by atoms with E-state index in [4.69, 9.17) is 0 Å². The molecule has 3 rings (SSSR count). The van der Waals surface area contributed by atoms with Gasteiger partial charge in [-0.15, -0.1) is 0 Å². The number of hydrogen-bond acceptors (Lipinski definition) is 2. The molecule has 3 aromatic carbocycles. The predicted molar refractivity (Wildman–Crippen MR) is 79.0 cm³/mol. The van der Waals surface area contributed by atoms with Crippen LogP contribution in [0, 0.1) is 0 Å². The van der Waals surface area contributed by atoms with Gasteiger partial charge in [0, 0.05) is 5.56 Å². The van der Waals surface area contributed by atoms with Crippen LogP contribution >= 0.6 is 0 Å². The molecule has 3 nitrogen and oxygen atoms in total. The summed E-state index contributed by atoms with van der Waals surface area (Å²) in [6, 6.07) is 21.9. The van der Waals surface area contributed by atoms with E-state index in [9.17, 15) is 10.0 Å². The van der Waals surface area contributed by atoms with Gasteiger partial charge < -0.3 is 0 Å². The van der Waals surface area contributed by atoms with E-state index in [1.165, 1.54) is 0 Å². The van der Waals surface area contributed by atoms with Crippen LogP contribution in [0.1, 0.15) is 10.4 Å². The van der Waals surface area contributed by atoms with Gasteiger partial charge in [-0.2, -0.15) is 5.06 Å². The number of rotatable bonds is 2. The number of anilines is 1. The summed E-state index contributed by atoms with van der Waals surface area (Å²) in [7, 11) is 0. The minimum absolute atomic E-state index is 0.444. The summed E-state index contributed by atoms with van der Waals surface area (Å²) in [4.78, 5) is 12.2. The van der Waals surface area contributed by atoms with Crippen molar-refractivity contribution in [3.63, 3.8) is 0 Å². The van der Waals surface area contributed by atoms with Crippen molar-refractivity contribution < 1.29 is 10.0 Å². The van der Waals surface area contributed by atoms with E-state index in [0.717, 1.165) is 10.8 Å². The number of nitrogens with zero attached hydrogens (tertiary/aromatic N) is 1. The maximum atomic E-state index is 12.2. The van der Waals surface area contributed by atoms with Crippen molar-refractivity contribution in [2.24, 2.45) is 0 Å². The van der Waals surface area contributed by atoms with Crippen molar-refractivity contribution in [3.8, 4) is 0 Å². The molecular weight excluding hydrogens is 250 g/mol. The van der Waals surface area contributed by atoms with E-state index < -0.39 is 5.91 Å². The molecule has 0 aliphatic carbocycles. The predicted octanol–water partition coefficient (Wildman–Crippen LogP) is 3.88. The molecule has 20 heavy (non-hydrogen) atoms. The summed E-state index contributed by atoms with van der Waals surface area (Å²) in [6.07, 6.45) is 0. The number of hydrogen-bond donors (Lipinski definition) is 1. The quantitative estimate of drug-likeness (QED) is 0.563. The maximum absolute atomic E-state index is 12.2. The van der Waals surface area contributed by atoms with E-state index in [0.29, 0.717) is 16.3 Å². The van der Waals surface area contributed by atoms with Crippen LogP contribution in [0.4, 0.5) is 5.69 Å². The summed E-state index contributed by atoms with van der Waals surface area (Å²) < 4.78 is 0. The van der Waals surface area contributed by atoms with Gasteiger partial charge >= 0.3 is 0 Å². The Morgan fingerprint density at radius 2 is 1.45 bits per heavy atom. The van der Waals surface area contributed by atoms with E-state index in [2.05, 4.69) is 0 Å². The molecule has 98 valence electrons. The Morgan fingerprint density at radius 1 is 0.800 bits per heavy atom. The highest BCUT2D eigenvalue weighted by atomic mass is 16.5. The molecule has 0 saturated carbocycles. The molecule has 1 amide bonds. The Bertz CT molecular complexity index is 753. The second kappa shape index (κ2) is 5.15. The summed E-state index contributed by atoms with van der Waals surface area (Å²) in [5, 5.41) is 12.8. The van der Waals surface area contributed by atoms with Gasteiger partial charge in [-0.1, -0.05) is 48.5 Å². The maximum Gasteiger partial charge on any atom is 0.281 e. The fraction of sp³-hybridized carbons (Fsp3) is 0. The molecule has 0 radical (unpaired) electrons. The summed E-state index contributed by atoms with van der Waals surface area (Å²) in [5.41, 5.74) is 0.903. The zero-order chi connectivity index (χ0) is 13.9. The average molecular weight is 263 g/mol. The smallest absolute Gasteiger partial charge is 0.281 e. The zero-order valence-electron chi connectivity index (χ0n) is 10.7. The van der Waals surface area contributed by atoms with Crippen molar-refractivity contribution >= 4 is 22.4 Å². The fourth-order valence-electron chi connectivity index (χ4n) is 2.13. The number of fused-ring (bicyclic) bond motifs is 1. The molecular formula is C17H13NO2. The third kappa shape index (κ3) is 2.27. The number of hydroxylamine groups is 1. The first-order chi connectivity index (χ1) is 9.75. The Labute approximate surface area is 116 Å². The van der Waals surface area contributed by atoms with Gasteiger partial charge in [0.15, 0.2) is 0 Å². The summed E-state index contributed by atoms with van der Waals surface area (Å²) in [6.45, 7) is 0. The molecule has 0 aromatic heterocycles. The number of benzene rings is 3. The van der Waals surface area contributed by atoms with Crippen LogP contribution in [-0.2, 0) is 0 Å². The monoisotopic (exact) mass is 263 g/mol. The van der Waals surface area contributed by atoms with Crippen LogP contribution in [0.25, 0.3) is 10.8 Å². The van der Waals surface area contributed by atoms with Crippen molar-refractivity contribution in [1.29, 1.82) is 0 Å². The van der Waals surface area contributed by atoms with Crippen LogP contribution < -0.4 is 5.06 Å². The largest absolute Gasteiger partial charge is 0.281 e. The molecule has 0 saturated heterocycles. The van der Waals surface area contributed by atoms with Gasteiger partial charge in [-0.25, -0.2) is 0 Å². The summed E-state index contributed by atoms with van der Waals surface area (Å²) in [5.74, 6) is -0.444. The number of carbonyl (C=O) groups excluding carboxylic acids is 1. The standard InChI is InChI=1S/C17H13NO2/c19-17(14-7-2-1-3-8-14)18(20)16-11-10-13-6-4-5-9-15(13)12-16/h1-12,20H. The van der Waals surface area contributed by atoms with E-state index in [1.807, 2.05) is 36.4 Å². The zero-order valence-corrected chi connectivity index (χ0v) is 10.7. The third-order valence-corrected chi connectivity index (χ3v) is 3.19. The van der Waals surface area contributed by atoms with Gasteiger partial charge in [0.1, 0.15) is 0 Å². The molecule has 0 bridgehead atoms. The van der Waals surface area contributed by atoms with Crippen LogP contribution in [0.15, 0.2) is 72.8 Å². The third-order valence-electron chi connectivity index (χ3n) is 3.19. The lowest BCUT2D eigenvalue weighted by Crippen LogP contribution is -2.26. The van der Waals surface area contributed by atoms with Crippen LogP contribution in [0.5, 0.6) is 0 Å². The molecule has 3 aromatic rings. The number of carbonyl (C=O) groups is 1. The average Bonchev–Trinajstić information content (AvgIpc) is 2.54. The lowest BCUT2D eigenvalue weighted by atomic mass is 10.1. The molecule has 1 N–H and O–H groups in total. The van der Waals surface area contributed by atoms with Crippen molar-refractivity contribution in [2.45, 2.75) is 0 Å². The Hall–Kier alpha value is -2.65. The minimum atomic E-state index is -0.444.